The molecule has 2 aromatic rings. The normalized spacial score (nSPS) is 18.0. The minimum absolute atomic E-state index is 0.119. The number of carbonyl (C=O) groups excluding carboxylic acids is 1. The molecule has 1 aliphatic heterocycles. The number of esters is 1. The highest BCUT2D eigenvalue weighted by Gasteiger charge is 2.27. The fourth-order valence-corrected chi connectivity index (χ4v) is 2.89. The first-order valence-electron chi connectivity index (χ1n) is 8.64. The van der Waals surface area contributed by atoms with Gasteiger partial charge in [-0.15, -0.1) is 0 Å². The number of morpholine rings is 1. The maximum Gasteiger partial charge on any atom is 0.326 e. The number of carbonyl (C=O) groups is 1. The lowest BCUT2D eigenvalue weighted by atomic mass is 9.87. The highest BCUT2D eigenvalue weighted by molar-refractivity contribution is 5.77. The lowest BCUT2D eigenvalue weighted by Crippen LogP contribution is -2.47. The van der Waals surface area contributed by atoms with E-state index in [9.17, 15) is 4.79 Å². The van der Waals surface area contributed by atoms with Crippen LogP contribution in [0.4, 0.5) is 5.69 Å². The van der Waals surface area contributed by atoms with Crippen molar-refractivity contribution in [2.45, 2.75) is 32.3 Å². The molecular formula is C21H25NO3. The quantitative estimate of drug-likeness (QED) is 0.795. The van der Waals surface area contributed by atoms with Gasteiger partial charge in [0.15, 0.2) is 6.10 Å². The highest BCUT2D eigenvalue weighted by Crippen LogP contribution is 2.24. The van der Waals surface area contributed by atoms with Gasteiger partial charge in [-0.1, -0.05) is 51.1 Å². The van der Waals surface area contributed by atoms with Crippen molar-refractivity contribution in [2.75, 3.05) is 24.6 Å². The van der Waals surface area contributed by atoms with Crippen molar-refractivity contribution in [3.05, 3.63) is 60.2 Å². The molecule has 0 aliphatic carbocycles. The van der Waals surface area contributed by atoms with E-state index in [0.717, 1.165) is 11.4 Å². The van der Waals surface area contributed by atoms with Crippen LogP contribution in [0.15, 0.2) is 54.6 Å². The molecule has 0 N–H and O–H groups in total. The molecule has 0 bridgehead atoms. The minimum Gasteiger partial charge on any atom is -0.490 e. The second kappa shape index (κ2) is 7.18. The standard InChI is InChI=1S/C21H25NO3/c1-21(2,3)16-9-11-18(12-10-16)24-15-19-13-22(14-20(23)25-19)17-7-5-4-6-8-17/h4-12,19H,13-15H2,1-3H3. The fourth-order valence-electron chi connectivity index (χ4n) is 2.89. The first-order valence-corrected chi connectivity index (χ1v) is 8.64. The molecule has 0 spiro atoms. The Hall–Kier alpha value is -2.49. The molecule has 4 nitrogen and oxygen atoms in total. The number of para-hydroxylation sites is 1. The third-order valence-corrected chi connectivity index (χ3v) is 4.32. The number of ether oxygens (including phenoxy) is 2. The zero-order chi connectivity index (χ0) is 17.9. The van der Waals surface area contributed by atoms with Crippen LogP contribution in [0, 0.1) is 0 Å². The van der Waals surface area contributed by atoms with E-state index in [1.54, 1.807) is 0 Å². The summed E-state index contributed by atoms with van der Waals surface area (Å²) in [7, 11) is 0. The average molecular weight is 339 g/mol. The lowest BCUT2D eigenvalue weighted by molar-refractivity contribution is -0.151. The van der Waals surface area contributed by atoms with Gasteiger partial charge in [-0.2, -0.15) is 0 Å². The van der Waals surface area contributed by atoms with Gasteiger partial charge in [0.25, 0.3) is 0 Å². The Morgan fingerprint density at radius 1 is 1.08 bits per heavy atom. The zero-order valence-electron chi connectivity index (χ0n) is 15.1. The molecule has 0 radical (unpaired) electrons. The summed E-state index contributed by atoms with van der Waals surface area (Å²) in [6, 6.07) is 18.0. The first-order chi connectivity index (χ1) is 11.9. The summed E-state index contributed by atoms with van der Waals surface area (Å²) in [6.07, 6.45) is -0.274. The average Bonchev–Trinajstić information content (AvgIpc) is 2.60. The monoisotopic (exact) mass is 339 g/mol. The molecule has 0 aromatic heterocycles. The van der Waals surface area contributed by atoms with Gasteiger partial charge in [-0.3, -0.25) is 4.79 Å². The molecule has 1 heterocycles. The van der Waals surface area contributed by atoms with Gasteiger partial charge in [-0.25, -0.2) is 0 Å². The van der Waals surface area contributed by atoms with Crippen molar-refractivity contribution in [1.82, 2.24) is 0 Å². The Morgan fingerprint density at radius 2 is 1.76 bits per heavy atom. The molecule has 3 rings (SSSR count). The summed E-state index contributed by atoms with van der Waals surface area (Å²) >= 11 is 0. The SMILES string of the molecule is CC(C)(C)c1ccc(OCC2CN(c3ccccc3)CC(=O)O2)cc1. The van der Waals surface area contributed by atoms with E-state index >= 15 is 0 Å². The molecule has 4 heteroatoms. The number of anilines is 1. The summed E-state index contributed by atoms with van der Waals surface area (Å²) in [4.78, 5) is 13.9. The number of hydrogen-bond acceptors (Lipinski definition) is 4. The second-order valence-corrected chi connectivity index (χ2v) is 7.41. The molecule has 1 fully saturated rings. The minimum atomic E-state index is -0.274. The van der Waals surface area contributed by atoms with E-state index in [1.165, 1.54) is 5.56 Å². The van der Waals surface area contributed by atoms with Crippen LogP contribution in [-0.2, 0) is 14.9 Å². The van der Waals surface area contributed by atoms with Crippen molar-refractivity contribution in [2.24, 2.45) is 0 Å². The Bertz CT molecular complexity index is 704. The highest BCUT2D eigenvalue weighted by atomic mass is 16.6. The lowest BCUT2D eigenvalue weighted by Gasteiger charge is -2.33. The fraction of sp³-hybridized carbons (Fsp3) is 0.381. The molecule has 25 heavy (non-hydrogen) atoms. The molecule has 1 aliphatic rings. The predicted molar refractivity (Wildman–Crippen MR) is 99.2 cm³/mol. The van der Waals surface area contributed by atoms with Crippen molar-refractivity contribution < 1.29 is 14.3 Å². The third-order valence-electron chi connectivity index (χ3n) is 4.32. The number of nitrogens with zero attached hydrogens (tertiary/aromatic N) is 1. The number of benzene rings is 2. The number of cyclic esters (lactones) is 1. The summed E-state index contributed by atoms with van der Waals surface area (Å²) in [5.41, 5.74) is 2.41. The van der Waals surface area contributed by atoms with Gasteiger partial charge < -0.3 is 14.4 Å². The van der Waals surface area contributed by atoms with Crippen LogP contribution in [0.5, 0.6) is 5.75 Å². The summed E-state index contributed by atoms with van der Waals surface area (Å²) in [6.45, 7) is 7.81. The third kappa shape index (κ3) is 4.53. The van der Waals surface area contributed by atoms with Crippen LogP contribution >= 0.6 is 0 Å². The van der Waals surface area contributed by atoms with E-state index in [2.05, 4.69) is 32.9 Å². The Morgan fingerprint density at radius 3 is 2.40 bits per heavy atom. The van der Waals surface area contributed by atoms with Crippen LogP contribution in [0.25, 0.3) is 0 Å². The first kappa shape index (κ1) is 17.3. The predicted octanol–water partition coefficient (Wildman–Crippen LogP) is 3.79. The van der Waals surface area contributed by atoms with Crippen molar-refractivity contribution in [1.29, 1.82) is 0 Å². The van der Waals surface area contributed by atoms with Crippen LogP contribution in [0.2, 0.25) is 0 Å². The molecule has 1 atom stereocenters. The molecule has 0 amide bonds. The van der Waals surface area contributed by atoms with Crippen LogP contribution < -0.4 is 9.64 Å². The van der Waals surface area contributed by atoms with Crippen LogP contribution in [0.3, 0.4) is 0 Å². The maximum atomic E-state index is 11.9. The Labute approximate surface area is 149 Å². The maximum absolute atomic E-state index is 11.9. The van der Waals surface area contributed by atoms with E-state index in [4.69, 9.17) is 9.47 Å². The summed E-state index contributed by atoms with van der Waals surface area (Å²) in [5, 5.41) is 0. The molecule has 132 valence electrons. The summed E-state index contributed by atoms with van der Waals surface area (Å²) in [5.74, 6) is 0.577. The van der Waals surface area contributed by atoms with Gasteiger partial charge in [0, 0.05) is 5.69 Å². The van der Waals surface area contributed by atoms with E-state index in [-0.39, 0.29) is 24.0 Å². The van der Waals surface area contributed by atoms with Crippen molar-refractivity contribution >= 4 is 11.7 Å². The van der Waals surface area contributed by atoms with Crippen molar-refractivity contribution in [3.63, 3.8) is 0 Å². The van der Waals surface area contributed by atoms with Gasteiger partial charge in [0.05, 0.1) is 6.54 Å². The number of hydrogen-bond donors (Lipinski definition) is 0. The Balaban J connectivity index is 1.60. The molecule has 0 saturated carbocycles. The number of rotatable bonds is 4. The topological polar surface area (TPSA) is 38.8 Å². The van der Waals surface area contributed by atoms with Gasteiger partial charge in [-0.05, 0) is 35.2 Å². The Kier molecular flexibility index (Phi) is 4.98. The van der Waals surface area contributed by atoms with E-state index < -0.39 is 0 Å². The second-order valence-electron chi connectivity index (χ2n) is 7.41. The van der Waals surface area contributed by atoms with Gasteiger partial charge in [0.2, 0.25) is 0 Å². The largest absolute Gasteiger partial charge is 0.490 e. The summed E-state index contributed by atoms with van der Waals surface area (Å²) < 4.78 is 11.3. The smallest absolute Gasteiger partial charge is 0.326 e. The van der Waals surface area contributed by atoms with Crippen molar-refractivity contribution in [3.8, 4) is 5.75 Å². The van der Waals surface area contributed by atoms with Crippen LogP contribution in [0.1, 0.15) is 26.3 Å². The van der Waals surface area contributed by atoms with E-state index in [0.29, 0.717) is 13.2 Å². The van der Waals surface area contributed by atoms with Gasteiger partial charge in [0.1, 0.15) is 18.9 Å². The molecule has 1 unspecified atom stereocenters. The van der Waals surface area contributed by atoms with E-state index in [1.807, 2.05) is 47.4 Å². The molecular weight excluding hydrogens is 314 g/mol. The van der Waals surface area contributed by atoms with Crippen LogP contribution in [-0.4, -0.2) is 31.8 Å². The molecule has 2 aromatic carbocycles. The van der Waals surface area contributed by atoms with Gasteiger partial charge >= 0.3 is 5.97 Å². The zero-order valence-corrected chi connectivity index (χ0v) is 15.1. The molecule has 1 saturated heterocycles.